The van der Waals surface area contributed by atoms with Gasteiger partial charge in [0.05, 0.1) is 18.6 Å². The number of carbonyl (C=O) groups excluding carboxylic acids is 3. The molecule has 204 valence electrons. The molecule has 2 bridgehead atoms. The molecule has 5 aliphatic carbocycles. The highest BCUT2D eigenvalue weighted by molar-refractivity contribution is 7.12. The third-order valence-electron chi connectivity index (χ3n) is 10.3. The van der Waals surface area contributed by atoms with E-state index in [0.29, 0.717) is 15.3 Å². The van der Waals surface area contributed by atoms with Gasteiger partial charge in [-0.1, -0.05) is 45.2 Å². The van der Waals surface area contributed by atoms with Crippen LogP contribution in [0.1, 0.15) is 64.8 Å². The topological polar surface area (TPSA) is 69.7 Å². The highest BCUT2D eigenvalue weighted by atomic mass is 32.1. The molecule has 2 heterocycles. The highest BCUT2D eigenvalue weighted by Crippen LogP contribution is 2.73. The van der Waals surface area contributed by atoms with Gasteiger partial charge in [-0.15, -0.1) is 22.7 Å². The van der Waals surface area contributed by atoms with Crippen LogP contribution >= 0.6 is 22.7 Å². The zero-order valence-electron chi connectivity index (χ0n) is 22.3. The zero-order chi connectivity index (χ0) is 27.6. The van der Waals surface area contributed by atoms with Crippen molar-refractivity contribution < 1.29 is 23.9 Å². The van der Waals surface area contributed by atoms with E-state index in [1.165, 1.54) is 22.7 Å². The van der Waals surface area contributed by atoms with Crippen molar-refractivity contribution in [3.05, 3.63) is 81.2 Å². The van der Waals surface area contributed by atoms with Crippen molar-refractivity contribution in [2.24, 2.45) is 34.0 Å². The molecule has 5 saturated carbocycles. The van der Waals surface area contributed by atoms with Crippen molar-refractivity contribution in [2.75, 3.05) is 13.2 Å². The van der Waals surface area contributed by atoms with E-state index < -0.39 is 16.2 Å². The van der Waals surface area contributed by atoms with Gasteiger partial charge in [0, 0.05) is 16.7 Å². The molecule has 6 atom stereocenters. The summed E-state index contributed by atoms with van der Waals surface area (Å²) in [6.07, 6.45) is 4.96. The number of rotatable bonds is 6. The van der Waals surface area contributed by atoms with E-state index in [4.69, 9.17) is 9.47 Å². The molecule has 1 spiro atoms. The van der Waals surface area contributed by atoms with Gasteiger partial charge in [-0.25, -0.2) is 9.59 Å². The normalized spacial score (nSPS) is 35.4. The molecule has 0 radical (unpaired) electrons. The smallest absolute Gasteiger partial charge is 0.348 e. The lowest BCUT2D eigenvalue weighted by Crippen LogP contribution is -2.67. The van der Waals surface area contributed by atoms with Crippen LogP contribution in [0.4, 0.5) is 0 Å². The molecule has 39 heavy (non-hydrogen) atoms. The van der Waals surface area contributed by atoms with Crippen LogP contribution in [-0.4, -0.2) is 30.9 Å². The van der Waals surface area contributed by atoms with Gasteiger partial charge in [0.15, 0.2) is 5.78 Å². The first-order chi connectivity index (χ1) is 18.6. The van der Waals surface area contributed by atoms with Crippen LogP contribution in [0.3, 0.4) is 0 Å². The van der Waals surface area contributed by atoms with Crippen LogP contribution in [-0.2, 0) is 14.3 Å². The number of ether oxygens (including phenoxy) is 2. The Morgan fingerprint density at radius 1 is 0.949 bits per heavy atom. The van der Waals surface area contributed by atoms with Crippen molar-refractivity contribution in [1.29, 1.82) is 0 Å². The summed E-state index contributed by atoms with van der Waals surface area (Å²) in [6.45, 7) is 15.7. The Labute approximate surface area is 237 Å². The van der Waals surface area contributed by atoms with Crippen molar-refractivity contribution >= 4 is 40.4 Å². The lowest BCUT2D eigenvalue weighted by Gasteiger charge is -2.68. The Bertz CT molecular complexity index is 1370. The van der Waals surface area contributed by atoms with E-state index in [2.05, 4.69) is 26.7 Å². The maximum Gasteiger partial charge on any atom is 0.348 e. The summed E-state index contributed by atoms with van der Waals surface area (Å²) < 4.78 is 12.0. The fraction of sp³-hybridized carbons (Fsp3) is 0.469. The Hall–Kier alpha value is -2.77. The van der Waals surface area contributed by atoms with Crippen LogP contribution in [0, 0.1) is 34.0 Å². The molecule has 0 aliphatic heterocycles. The lowest BCUT2D eigenvalue weighted by atomic mass is 9.34. The van der Waals surface area contributed by atoms with E-state index in [9.17, 15) is 14.4 Å². The third kappa shape index (κ3) is 3.80. The molecule has 5 fully saturated rings. The number of allylic oxidation sites excluding steroid dienone is 3. The van der Waals surface area contributed by atoms with Gasteiger partial charge in [0.1, 0.15) is 9.75 Å². The van der Waals surface area contributed by atoms with E-state index in [0.717, 1.165) is 49.7 Å². The summed E-state index contributed by atoms with van der Waals surface area (Å²) in [6, 6.07) is 7.20. The number of Topliss-reactive ketones (excluding diaryl/α,β-unsaturated/α-hetero) is 1. The van der Waals surface area contributed by atoms with Crippen LogP contribution in [0.2, 0.25) is 0 Å². The molecular weight excluding hydrogens is 528 g/mol. The molecular formula is C32H34O5S2. The first kappa shape index (κ1) is 26.5. The molecule has 7 heteroatoms. The SMILES string of the molecule is C=C1C(=O)[C@@]23CC[C@@H](CC2[C@]2(COC(=O)c4cccs4)CCC[C@@](C)(COC(=O)c4cccs4)C12)C(=C)C3=C. The minimum absolute atomic E-state index is 0.0338. The summed E-state index contributed by atoms with van der Waals surface area (Å²) in [7, 11) is 0. The molecule has 0 aromatic carbocycles. The molecule has 7 rings (SSSR count). The second-order valence-corrected chi connectivity index (χ2v) is 14.0. The average molecular weight is 563 g/mol. The first-order valence-corrected chi connectivity index (χ1v) is 15.4. The maximum absolute atomic E-state index is 14.4. The van der Waals surface area contributed by atoms with E-state index in [1.807, 2.05) is 22.9 Å². The molecule has 0 amide bonds. The Balaban J connectivity index is 1.41. The molecule has 2 aromatic heterocycles. The molecule has 5 nitrogen and oxygen atoms in total. The third-order valence-corrected chi connectivity index (χ3v) is 12.0. The second-order valence-electron chi connectivity index (χ2n) is 12.1. The molecule has 0 N–H and O–H groups in total. The quantitative estimate of drug-likeness (QED) is 0.273. The lowest BCUT2D eigenvalue weighted by molar-refractivity contribution is -0.176. The zero-order valence-corrected chi connectivity index (χ0v) is 24.0. The minimum Gasteiger partial charge on any atom is -0.461 e. The predicted octanol–water partition coefficient (Wildman–Crippen LogP) is 7.28. The number of ketones is 1. The number of hydrogen-bond donors (Lipinski definition) is 0. The van der Waals surface area contributed by atoms with Crippen molar-refractivity contribution in [2.45, 2.75) is 45.4 Å². The maximum atomic E-state index is 14.4. The van der Waals surface area contributed by atoms with Crippen LogP contribution in [0.5, 0.6) is 0 Å². The van der Waals surface area contributed by atoms with Gasteiger partial charge in [-0.05, 0) is 83.6 Å². The van der Waals surface area contributed by atoms with Gasteiger partial charge in [-0.2, -0.15) is 0 Å². The molecule has 5 aliphatic rings. The largest absolute Gasteiger partial charge is 0.461 e. The van der Waals surface area contributed by atoms with E-state index in [-0.39, 0.29) is 48.7 Å². The summed E-state index contributed by atoms with van der Waals surface area (Å²) in [4.78, 5) is 41.5. The van der Waals surface area contributed by atoms with E-state index in [1.54, 1.807) is 12.1 Å². The van der Waals surface area contributed by atoms with Crippen molar-refractivity contribution in [3.8, 4) is 0 Å². The highest BCUT2D eigenvalue weighted by Gasteiger charge is 2.71. The summed E-state index contributed by atoms with van der Waals surface area (Å²) in [5.74, 6) is -0.672. The molecule has 0 saturated heterocycles. The van der Waals surface area contributed by atoms with Gasteiger partial charge in [-0.3, -0.25) is 4.79 Å². The van der Waals surface area contributed by atoms with Crippen molar-refractivity contribution in [3.63, 3.8) is 0 Å². The van der Waals surface area contributed by atoms with Gasteiger partial charge in [0.25, 0.3) is 0 Å². The monoisotopic (exact) mass is 562 g/mol. The standard InChI is InChI=1S/C32H34O5S2/c1-19-21(3)32-13-10-22(19)16-25(32)31(18-37-29(35)24-9-6-15-39-24)12-7-11-30(4,26(31)20(2)27(32)33)17-36-28(34)23-8-5-14-38-23/h5-6,8-9,14-15,22,25-26H,1-3,7,10-13,16-18H2,4H3/t22-,25?,26?,30-,31+,32+/m0/s1. The number of thiophene rings is 2. The number of fused-ring (bicyclic) bond motifs is 3. The predicted molar refractivity (Wildman–Crippen MR) is 153 cm³/mol. The van der Waals surface area contributed by atoms with Gasteiger partial charge in [0.2, 0.25) is 0 Å². The van der Waals surface area contributed by atoms with Crippen molar-refractivity contribution in [1.82, 2.24) is 0 Å². The van der Waals surface area contributed by atoms with Crippen LogP contribution in [0.25, 0.3) is 0 Å². The second kappa shape index (κ2) is 9.41. The van der Waals surface area contributed by atoms with E-state index >= 15 is 0 Å². The first-order valence-electron chi connectivity index (χ1n) is 13.7. The van der Waals surface area contributed by atoms with Gasteiger partial charge >= 0.3 is 11.9 Å². The number of hydrogen-bond acceptors (Lipinski definition) is 7. The Morgan fingerprint density at radius 3 is 2.21 bits per heavy atom. The molecule has 2 unspecified atom stereocenters. The summed E-state index contributed by atoms with van der Waals surface area (Å²) in [5.41, 5.74) is 0.612. The number of carbonyl (C=O) groups is 3. The van der Waals surface area contributed by atoms with Gasteiger partial charge < -0.3 is 9.47 Å². The van der Waals surface area contributed by atoms with Crippen LogP contribution in [0.15, 0.2) is 71.5 Å². The molecule has 2 aromatic rings. The van der Waals surface area contributed by atoms with Crippen LogP contribution < -0.4 is 0 Å². The fourth-order valence-electron chi connectivity index (χ4n) is 8.66. The Kier molecular flexibility index (Phi) is 6.38. The average Bonchev–Trinajstić information content (AvgIpc) is 3.67. The minimum atomic E-state index is -0.749. The number of esters is 2. The summed E-state index contributed by atoms with van der Waals surface area (Å²) >= 11 is 2.71. The summed E-state index contributed by atoms with van der Waals surface area (Å²) in [5, 5.41) is 3.72. The fourth-order valence-corrected chi connectivity index (χ4v) is 9.89. The Morgan fingerprint density at radius 2 is 1.59 bits per heavy atom.